The van der Waals surface area contributed by atoms with E-state index in [2.05, 4.69) is 10.3 Å². The van der Waals surface area contributed by atoms with Crippen molar-refractivity contribution in [2.24, 2.45) is 5.16 Å². The second-order valence-electron chi connectivity index (χ2n) is 5.24. The van der Waals surface area contributed by atoms with Crippen LogP contribution in [0.15, 0.2) is 53.9 Å². The number of phenolic OH excluding ortho intramolecular Hbond substituents is 1. The Bertz CT molecular complexity index is 935. The maximum atomic E-state index is 13.3. The first-order valence-corrected chi connectivity index (χ1v) is 7.02. The Kier molecular flexibility index (Phi) is 3.99. The lowest BCUT2D eigenvalue weighted by molar-refractivity contribution is 0.319. The van der Waals surface area contributed by atoms with E-state index < -0.39 is 11.6 Å². The quantitative estimate of drug-likeness (QED) is 0.439. The molecular formula is C17H13F2N3O2. The fourth-order valence-electron chi connectivity index (χ4n) is 2.32. The zero-order chi connectivity index (χ0) is 17.3. The van der Waals surface area contributed by atoms with E-state index in [-0.39, 0.29) is 11.5 Å². The summed E-state index contributed by atoms with van der Waals surface area (Å²) in [5.74, 6) is -1.98. The minimum Gasteiger partial charge on any atom is -0.507 e. The number of hydrogen-bond donors (Lipinski definition) is 2. The molecule has 0 unspecified atom stereocenters. The minimum absolute atomic E-state index is 0.0385. The molecule has 0 atom stereocenters. The Hall–Kier alpha value is -3.22. The highest BCUT2D eigenvalue weighted by Gasteiger charge is 2.15. The van der Waals surface area contributed by atoms with Crippen LogP contribution in [0.25, 0.3) is 5.69 Å². The topological polar surface area (TPSA) is 70.6 Å². The van der Waals surface area contributed by atoms with E-state index in [4.69, 9.17) is 0 Å². The van der Waals surface area contributed by atoms with Crippen molar-refractivity contribution >= 4 is 5.71 Å². The number of aryl methyl sites for hydroxylation is 1. The molecule has 0 amide bonds. The largest absolute Gasteiger partial charge is 0.507 e. The van der Waals surface area contributed by atoms with E-state index in [9.17, 15) is 19.1 Å². The Morgan fingerprint density at radius 1 is 1.12 bits per heavy atom. The van der Waals surface area contributed by atoms with Crippen molar-refractivity contribution in [3.63, 3.8) is 0 Å². The Morgan fingerprint density at radius 2 is 1.92 bits per heavy atom. The summed E-state index contributed by atoms with van der Waals surface area (Å²) >= 11 is 0. The van der Waals surface area contributed by atoms with Crippen LogP contribution in [0.5, 0.6) is 5.75 Å². The molecule has 0 spiro atoms. The average Bonchev–Trinajstić information content (AvgIpc) is 3.02. The third-order valence-electron chi connectivity index (χ3n) is 3.53. The van der Waals surface area contributed by atoms with Crippen molar-refractivity contribution in [2.75, 3.05) is 0 Å². The Morgan fingerprint density at radius 3 is 2.58 bits per heavy atom. The smallest absolute Gasteiger partial charge is 0.160 e. The number of hydrogen-bond acceptors (Lipinski definition) is 4. The van der Waals surface area contributed by atoms with E-state index in [0.717, 1.165) is 17.7 Å². The zero-order valence-electron chi connectivity index (χ0n) is 12.6. The summed E-state index contributed by atoms with van der Waals surface area (Å²) in [6.45, 7) is 1.82. The SMILES string of the molecule is Cc1ccc(/C(=N/O)c2cnn(-c3ccc(F)c(F)c3)c2)c(O)c1. The molecule has 5 nitrogen and oxygen atoms in total. The fourth-order valence-corrected chi connectivity index (χ4v) is 2.32. The molecule has 3 aromatic rings. The summed E-state index contributed by atoms with van der Waals surface area (Å²) in [5, 5.41) is 26.6. The molecular weight excluding hydrogens is 316 g/mol. The van der Waals surface area contributed by atoms with Gasteiger partial charge in [-0.05, 0) is 36.8 Å². The lowest BCUT2D eigenvalue weighted by Crippen LogP contribution is -2.03. The van der Waals surface area contributed by atoms with Gasteiger partial charge in [0.05, 0.1) is 11.9 Å². The number of phenols is 1. The highest BCUT2D eigenvalue weighted by Crippen LogP contribution is 2.23. The summed E-state index contributed by atoms with van der Waals surface area (Å²) in [4.78, 5) is 0. The van der Waals surface area contributed by atoms with Gasteiger partial charge in [0.1, 0.15) is 11.5 Å². The molecule has 0 saturated heterocycles. The first-order chi connectivity index (χ1) is 11.5. The molecule has 0 radical (unpaired) electrons. The van der Waals surface area contributed by atoms with E-state index >= 15 is 0 Å². The number of halogens is 2. The molecule has 1 aromatic heterocycles. The van der Waals surface area contributed by atoms with Crippen LogP contribution in [0.1, 0.15) is 16.7 Å². The van der Waals surface area contributed by atoms with Gasteiger partial charge >= 0.3 is 0 Å². The molecule has 0 aliphatic heterocycles. The van der Waals surface area contributed by atoms with Gasteiger partial charge in [0.25, 0.3) is 0 Å². The number of nitrogens with zero attached hydrogens (tertiary/aromatic N) is 3. The predicted molar refractivity (Wildman–Crippen MR) is 83.7 cm³/mol. The van der Waals surface area contributed by atoms with Crippen LogP contribution in [0, 0.1) is 18.6 Å². The number of benzene rings is 2. The highest BCUT2D eigenvalue weighted by molar-refractivity contribution is 6.13. The van der Waals surface area contributed by atoms with Gasteiger partial charge in [0.2, 0.25) is 0 Å². The Labute approximate surface area is 136 Å². The molecule has 0 aliphatic rings. The van der Waals surface area contributed by atoms with Crippen LogP contribution in [0.3, 0.4) is 0 Å². The van der Waals surface area contributed by atoms with Crippen LogP contribution < -0.4 is 0 Å². The molecule has 3 rings (SSSR count). The minimum atomic E-state index is -0.989. The Balaban J connectivity index is 2.00. The van der Waals surface area contributed by atoms with Crippen LogP contribution in [0.2, 0.25) is 0 Å². The van der Waals surface area contributed by atoms with Crippen LogP contribution in [-0.2, 0) is 0 Å². The van der Waals surface area contributed by atoms with Gasteiger partial charge in [0.15, 0.2) is 11.6 Å². The van der Waals surface area contributed by atoms with Crippen LogP contribution >= 0.6 is 0 Å². The monoisotopic (exact) mass is 329 g/mol. The third kappa shape index (κ3) is 2.83. The molecule has 0 saturated carbocycles. The van der Waals surface area contributed by atoms with Gasteiger partial charge in [-0.1, -0.05) is 11.2 Å². The number of aromatic hydroxyl groups is 1. The molecule has 1 heterocycles. The fraction of sp³-hybridized carbons (Fsp3) is 0.0588. The number of aromatic nitrogens is 2. The summed E-state index contributed by atoms with van der Waals surface area (Å²) in [6, 6.07) is 8.30. The van der Waals surface area contributed by atoms with E-state index in [1.807, 2.05) is 6.92 Å². The predicted octanol–water partition coefficient (Wildman–Crippen LogP) is 3.39. The summed E-state index contributed by atoms with van der Waals surface area (Å²) in [5.41, 5.74) is 2.01. The van der Waals surface area contributed by atoms with E-state index in [1.54, 1.807) is 18.2 Å². The second kappa shape index (κ2) is 6.11. The third-order valence-corrected chi connectivity index (χ3v) is 3.53. The van der Waals surface area contributed by atoms with Crippen molar-refractivity contribution in [3.05, 3.63) is 77.1 Å². The van der Waals surface area contributed by atoms with Crippen molar-refractivity contribution in [1.29, 1.82) is 0 Å². The number of oxime groups is 1. The molecule has 122 valence electrons. The first-order valence-electron chi connectivity index (χ1n) is 7.02. The molecule has 2 N–H and O–H groups in total. The number of rotatable bonds is 3. The van der Waals surface area contributed by atoms with Crippen LogP contribution in [0.4, 0.5) is 8.78 Å². The summed E-state index contributed by atoms with van der Waals surface area (Å²) in [7, 11) is 0. The van der Waals surface area contributed by atoms with E-state index in [1.165, 1.54) is 23.1 Å². The maximum Gasteiger partial charge on any atom is 0.160 e. The van der Waals surface area contributed by atoms with Gasteiger partial charge in [-0.2, -0.15) is 5.10 Å². The van der Waals surface area contributed by atoms with Crippen LogP contribution in [-0.4, -0.2) is 25.8 Å². The van der Waals surface area contributed by atoms with Gasteiger partial charge in [0, 0.05) is 23.4 Å². The summed E-state index contributed by atoms with van der Waals surface area (Å²) < 4.78 is 27.7. The molecule has 7 heteroatoms. The van der Waals surface area contributed by atoms with Gasteiger partial charge in [-0.3, -0.25) is 0 Å². The lowest BCUT2D eigenvalue weighted by Gasteiger charge is -2.06. The maximum absolute atomic E-state index is 13.3. The van der Waals surface area contributed by atoms with Gasteiger partial charge < -0.3 is 10.3 Å². The normalized spacial score (nSPS) is 11.7. The second-order valence-corrected chi connectivity index (χ2v) is 5.24. The molecule has 24 heavy (non-hydrogen) atoms. The molecule has 0 fully saturated rings. The van der Waals surface area contributed by atoms with Crippen molar-refractivity contribution in [2.45, 2.75) is 6.92 Å². The van der Waals surface area contributed by atoms with Crippen molar-refractivity contribution < 1.29 is 19.1 Å². The standard InChI is InChI=1S/C17H13F2N3O2/c1-10-2-4-13(16(23)6-10)17(21-24)11-8-20-22(9-11)12-3-5-14(18)15(19)7-12/h2-9,23-24H,1H3/b21-17+. The van der Waals surface area contributed by atoms with Crippen molar-refractivity contribution in [1.82, 2.24) is 9.78 Å². The van der Waals surface area contributed by atoms with Gasteiger partial charge in [-0.25, -0.2) is 13.5 Å². The molecule has 0 bridgehead atoms. The van der Waals surface area contributed by atoms with E-state index in [0.29, 0.717) is 16.8 Å². The van der Waals surface area contributed by atoms with Crippen molar-refractivity contribution in [3.8, 4) is 11.4 Å². The summed E-state index contributed by atoms with van der Waals surface area (Å²) in [6.07, 6.45) is 2.89. The average molecular weight is 329 g/mol. The zero-order valence-corrected chi connectivity index (χ0v) is 12.6. The molecule has 2 aromatic carbocycles. The molecule has 0 aliphatic carbocycles. The highest BCUT2D eigenvalue weighted by atomic mass is 19.2. The first kappa shape index (κ1) is 15.7. The lowest BCUT2D eigenvalue weighted by atomic mass is 10.0. The van der Waals surface area contributed by atoms with Gasteiger partial charge in [-0.15, -0.1) is 0 Å².